The molecule has 68 heavy (non-hydrogen) atoms. The normalized spacial score (nSPS) is 13.2. The molecule has 0 bridgehead atoms. The summed E-state index contributed by atoms with van der Waals surface area (Å²) in [6.45, 7) is 24.9. The SMILES string of the molecule is CC(C)(C)c1cccc(N2[CH-]N(c3[c-]c(Oc4[c-]c5c(cc4)c4cc(C(C)(C)C)ccc4n5-c4cc(C(C)(C)c5ccccc5)ccn4)cc(C(C)(C)c4ccccc4)c3)c3ccccc32)c1.[Pt]. The summed E-state index contributed by atoms with van der Waals surface area (Å²) >= 11 is 0. The van der Waals surface area contributed by atoms with Gasteiger partial charge in [-0.15, -0.1) is 53.6 Å². The predicted octanol–water partition coefficient (Wildman–Crippen LogP) is 16.2. The molecule has 7 aromatic carbocycles. The van der Waals surface area contributed by atoms with Gasteiger partial charge in [0.05, 0.1) is 0 Å². The topological polar surface area (TPSA) is 33.5 Å². The van der Waals surface area contributed by atoms with Crippen LogP contribution >= 0.6 is 0 Å². The number of hydrogen-bond donors (Lipinski definition) is 0. The Bertz CT molecular complexity index is 3280. The molecule has 1 aliphatic heterocycles. The van der Waals surface area contributed by atoms with Crippen molar-refractivity contribution in [2.24, 2.45) is 0 Å². The monoisotopic (exact) mass is 1070 g/mol. The van der Waals surface area contributed by atoms with Gasteiger partial charge in [-0.3, -0.25) is 0 Å². The predicted molar refractivity (Wildman–Crippen MR) is 279 cm³/mol. The molecule has 5 nitrogen and oxygen atoms in total. The fourth-order valence-corrected chi connectivity index (χ4v) is 9.49. The van der Waals surface area contributed by atoms with Crippen LogP contribution in [0.25, 0.3) is 27.6 Å². The Morgan fingerprint density at radius 1 is 0.471 bits per heavy atom. The smallest absolute Gasteiger partial charge is 0.135 e. The maximum Gasteiger partial charge on any atom is 0.135 e. The number of para-hydroxylation sites is 2. The molecule has 0 atom stereocenters. The molecule has 0 radical (unpaired) electrons. The molecule has 10 rings (SSSR count). The average molecular weight is 1070 g/mol. The van der Waals surface area contributed by atoms with Crippen LogP contribution in [0.3, 0.4) is 0 Å². The quantitative estimate of drug-likeness (QED) is 0.135. The van der Waals surface area contributed by atoms with E-state index < -0.39 is 0 Å². The van der Waals surface area contributed by atoms with Crippen LogP contribution in [0.2, 0.25) is 0 Å². The van der Waals surface area contributed by atoms with Gasteiger partial charge in [-0.25, -0.2) is 4.98 Å². The van der Waals surface area contributed by atoms with E-state index in [2.05, 4.69) is 260 Å². The van der Waals surface area contributed by atoms with Crippen molar-refractivity contribution in [3.8, 4) is 17.3 Å². The maximum atomic E-state index is 7.01. The van der Waals surface area contributed by atoms with Crippen molar-refractivity contribution in [1.82, 2.24) is 9.55 Å². The Morgan fingerprint density at radius 2 is 1.07 bits per heavy atom. The molecule has 0 N–H and O–H groups in total. The van der Waals surface area contributed by atoms with E-state index in [0.29, 0.717) is 11.5 Å². The summed E-state index contributed by atoms with van der Waals surface area (Å²) in [5, 5.41) is 2.24. The number of rotatable bonds is 9. The van der Waals surface area contributed by atoms with Crippen LogP contribution in [-0.2, 0) is 42.7 Å². The van der Waals surface area contributed by atoms with Gasteiger partial charge in [-0.2, -0.15) is 6.07 Å². The minimum atomic E-state index is -0.363. The Labute approximate surface area is 417 Å². The van der Waals surface area contributed by atoms with Gasteiger partial charge in [-0.05, 0) is 91.9 Å². The van der Waals surface area contributed by atoms with Gasteiger partial charge in [0.15, 0.2) is 0 Å². The third kappa shape index (κ3) is 8.56. The average Bonchev–Trinajstić information content (AvgIpc) is 3.87. The summed E-state index contributed by atoms with van der Waals surface area (Å²) in [7, 11) is 0. The molecule has 0 fully saturated rings. The summed E-state index contributed by atoms with van der Waals surface area (Å²) in [4.78, 5) is 9.56. The zero-order valence-corrected chi connectivity index (χ0v) is 43.0. The van der Waals surface area contributed by atoms with E-state index in [4.69, 9.17) is 9.72 Å². The number of pyridine rings is 1. The summed E-state index contributed by atoms with van der Waals surface area (Å²) in [6, 6.07) is 66.1. The molecule has 2 aromatic heterocycles. The van der Waals surface area contributed by atoms with E-state index in [1.165, 1.54) is 27.8 Å². The summed E-state index contributed by atoms with van der Waals surface area (Å²) in [6.07, 6.45) is 1.93. The summed E-state index contributed by atoms with van der Waals surface area (Å²) < 4.78 is 9.26. The van der Waals surface area contributed by atoms with Crippen molar-refractivity contribution in [1.29, 1.82) is 0 Å². The van der Waals surface area contributed by atoms with Crippen molar-refractivity contribution in [2.75, 3.05) is 9.80 Å². The molecule has 9 aromatic rings. The van der Waals surface area contributed by atoms with Crippen molar-refractivity contribution < 1.29 is 25.8 Å². The second kappa shape index (κ2) is 17.6. The number of nitrogens with zero attached hydrogens (tertiary/aromatic N) is 4. The third-order valence-corrected chi connectivity index (χ3v) is 13.9. The first-order chi connectivity index (χ1) is 32.0. The van der Waals surface area contributed by atoms with Gasteiger partial charge in [-0.1, -0.05) is 172 Å². The molecule has 6 heteroatoms. The van der Waals surface area contributed by atoms with Crippen LogP contribution in [0.4, 0.5) is 22.7 Å². The zero-order valence-electron chi connectivity index (χ0n) is 40.8. The fraction of sp³-hybridized carbons (Fsp3) is 0.226. The number of hydrogen-bond acceptors (Lipinski definition) is 4. The molecule has 0 aliphatic carbocycles. The molecular formula is C62H59N4OPt-3. The van der Waals surface area contributed by atoms with Gasteiger partial charge < -0.3 is 19.1 Å². The molecule has 3 heterocycles. The van der Waals surface area contributed by atoms with E-state index in [1.54, 1.807) is 0 Å². The van der Waals surface area contributed by atoms with Crippen LogP contribution < -0.4 is 14.5 Å². The fourth-order valence-electron chi connectivity index (χ4n) is 9.49. The summed E-state index contributed by atoms with van der Waals surface area (Å²) in [5.41, 5.74) is 12.8. The van der Waals surface area contributed by atoms with Crippen molar-refractivity contribution in [2.45, 2.75) is 90.9 Å². The van der Waals surface area contributed by atoms with Gasteiger partial charge in [0, 0.05) is 66.8 Å². The Kier molecular flexibility index (Phi) is 12.1. The van der Waals surface area contributed by atoms with E-state index in [0.717, 1.165) is 55.9 Å². The van der Waals surface area contributed by atoms with Crippen LogP contribution in [0, 0.1) is 18.8 Å². The Morgan fingerprint density at radius 3 is 1.74 bits per heavy atom. The largest absolute Gasteiger partial charge is 0.509 e. The van der Waals surface area contributed by atoms with Gasteiger partial charge in [0.1, 0.15) is 5.82 Å². The van der Waals surface area contributed by atoms with Crippen molar-refractivity contribution in [3.05, 3.63) is 222 Å². The molecule has 1 aliphatic rings. The molecule has 0 saturated carbocycles. The van der Waals surface area contributed by atoms with Gasteiger partial charge in [0.2, 0.25) is 0 Å². The number of benzene rings is 7. The van der Waals surface area contributed by atoms with Gasteiger partial charge in [0.25, 0.3) is 0 Å². The second-order valence-electron chi connectivity index (χ2n) is 21.2. The molecule has 0 amide bonds. The molecule has 0 spiro atoms. The number of anilines is 4. The first-order valence-corrected chi connectivity index (χ1v) is 23.4. The first kappa shape index (κ1) is 46.7. The molecule has 346 valence electrons. The standard InChI is InChI=1S/C62H59N4O.Pt/c1-59(2,3)44-24-19-25-48(34-44)64-41-65(56-27-18-17-26-55(56)64)49-35-47(62(9,10)43-22-15-12-16-23-43)36-51(39-49)67-50-29-30-52-53-37-45(60(4,5)6)28-31-54(53)66(57(52)40-50)58-38-46(32-33-63-58)61(7,8)42-20-13-11-14-21-42;/h11-38,41H,1-10H3;/q-3;. The number of fused-ring (bicyclic) bond motifs is 4. The third-order valence-electron chi connectivity index (χ3n) is 13.9. The van der Waals surface area contributed by atoms with E-state index in [1.807, 2.05) is 12.3 Å². The van der Waals surface area contributed by atoms with E-state index in [-0.39, 0.29) is 42.7 Å². The Hall–Kier alpha value is -6.42. The van der Waals surface area contributed by atoms with Crippen LogP contribution in [0.5, 0.6) is 11.5 Å². The molecule has 0 unspecified atom stereocenters. The minimum Gasteiger partial charge on any atom is -0.509 e. The molecular weight excluding hydrogens is 1010 g/mol. The number of ether oxygens (including phenoxy) is 1. The molecule has 0 saturated heterocycles. The van der Waals surface area contributed by atoms with Gasteiger partial charge >= 0.3 is 0 Å². The van der Waals surface area contributed by atoms with Crippen molar-refractivity contribution in [3.63, 3.8) is 0 Å². The first-order valence-electron chi connectivity index (χ1n) is 23.4. The minimum absolute atomic E-state index is 0. The Balaban J connectivity index is 0.00000578. The zero-order chi connectivity index (χ0) is 46.9. The van der Waals surface area contributed by atoms with Crippen molar-refractivity contribution >= 4 is 44.6 Å². The number of aromatic nitrogens is 2. The van der Waals surface area contributed by atoms with E-state index in [9.17, 15) is 0 Å². The second-order valence-corrected chi connectivity index (χ2v) is 21.2. The van der Waals surface area contributed by atoms with Crippen LogP contribution in [0.15, 0.2) is 170 Å². The van der Waals surface area contributed by atoms with Crippen LogP contribution in [0.1, 0.15) is 103 Å². The van der Waals surface area contributed by atoms with E-state index >= 15 is 0 Å². The summed E-state index contributed by atoms with van der Waals surface area (Å²) in [5.74, 6) is 2.03. The van der Waals surface area contributed by atoms with Crippen LogP contribution in [-0.4, -0.2) is 9.55 Å². The maximum absolute atomic E-state index is 7.01.